The van der Waals surface area contributed by atoms with Gasteiger partial charge in [-0.2, -0.15) is 0 Å². The Morgan fingerprint density at radius 1 is 1.59 bits per heavy atom. The highest BCUT2D eigenvalue weighted by molar-refractivity contribution is 6.30. The van der Waals surface area contributed by atoms with Crippen molar-refractivity contribution in [2.75, 3.05) is 19.8 Å². The number of hydrogen-bond acceptors (Lipinski definition) is 3. The molecule has 0 bridgehead atoms. The minimum atomic E-state index is -0.286. The number of halogens is 1. The van der Waals surface area contributed by atoms with Gasteiger partial charge < -0.3 is 15.2 Å². The Morgan fingerprint density at radius 3 is 3.06 bits per heavy atom. The highest BCUT2D eigenvalue weighted by atomic mass is 35.5. The van der Waals surface area contributed by atoms with Gasteiger partial charge >= 0.3 is 0 Å². The van der Waals surface area contributed by atoms with Crippen LogP contribution in [0.2, 0.25) is 5.02 Å². The predicted molar refractivity (Wildman–Crippen MR) is 64.4 cm³/mol. The number of hydrogen-bond donors (Lipinski definition) is 2. The highest BCUT2D eigenvalue weighted by Crippen LogP contribution is 2.21. The summed E-state index contributed by atoms with van der Waals surface area (Å²) in [5, 5.41) is 12.8. The molecule has 5 heteroatoms. The number of rotatable bonds is 3. The Morgan fingerprint density at radius 2 is 2.41 bits per heavy atom. The first-order valence-electron chi connectivity index (χ1n) is 5.51. The van der Waals surface area contributed by atoms with Gasteiger partial charge in [-0.3, -0.25) is 4.79 Å². The van der Waals surface area contributed by atoms with E-state index in [-0.39, 0.29) is 17.2 Å². The number of carbonyl (C=O) groups excluding carboxylic acids is 1. The van der Waals surface area contributed by atoms with Crippen LogP contribution in [0, 0.1) is 5.92 Å². The van der Waals surface area contributed by atoms with E-state index >= 15 is 0 Å². The van der Waals surface area contributed by atoms with E-state index < -0.39 is 0 Å². The molecule has 1 atom stereocenters. The van der Waals surface area contributed by atoms with Crippen molar-refractivity contribution in [3.8, 4) is 5.75 Å². The van der Waals surface area contributed by atoms with Crippen LogP contribution in [-0.2, 0) is 4.74 Å². The average Bonchev–Trinajstić information content (AvgIpc) is 2.78. The maximum absolute atomic E-state index is 11.8. The first-order chi connectivity index (χ1) is 8.16. The molecule has 4 nitrogen and oxygen atoms in total. The maximum atomic E-state index is 11.8. The number of aromatic hydroxyl groups is 1. The van der Waals surface area contributed by atoms with Crippen molar-refractivity contribution in [3.63, 3.8) is 0 Å². The molecular weight excluding hydrogens is 242 g/mol. The molecule has 17 heavy (non-hydrogen) atoms. The van der Waals surface area contributed by atoms with E-state index in [2.05, 4.69) is 5.32 Å². The minimum absolute atomic E-state index is 0.0994. The Hall–Kier alpha value is -1.26. The van der Waals surface area contributed by atoms with E-state index in [1.54, 1.807) is 6.07 Å². The molecule has 1 heterocycles. The fraction of sp³-hybridized carbons (Fsp3) is 0.417. The van der Waals surface area contributed by atoms with Crippen LogP contribution in [0.15, 0.2) is 18.2 Å². The lowest BCUT2D eigenvalue weighted by molar-refractivity contribution is 0.0942. The normalized spacial score (nSPS) is 19.2. The summed E-state index contributed by atoms with van der Waals surface area (Å²) < 4.78 is 5.22. The van der Waals surface area contributed by atoms with Crippen molar-refractivity contribution in [1.82, 2.24) is 5.32 Å². The summed E-state index contributed by atoms with van der Waals surface area (Å²) in [5.74, 6) is -0.0165. The average molecular weight is 256 g/mol. The summed E-state index contributed by atoms with van der Waals surface area (Å²) in [4.78, 5) is 11.8. The third kappa shape index (κ3) is 3.11. The fourth-order valence-corrected chi connectivity index (χ4v) is 1.94. The zero-order chi connectivity index (χ0) is 12.3. The Labute approximate surface area is 105 Å². The van der Waals surface area contributed by atoms with E-state index in [9.17, 15) is 9.90 Å². The Bertz CT molecular complexity index is 416. The second-order valence-electron chi connectivity index (χ2n) is 4.10. The molecular formula is C12H14ClNO3. The molecule has 1 amide bonds. The molecule has 2 rings (SSSR count). The summed E-state index contributed by atoms with van der Waals surface area (Å²) in [5.41, 5.74) is 0.244. The van der Waals surface area contributed by atoms with Gasteiger partial charge in [0.1, 0.15) is 5.75 Å². The van der Waals surface area contributed by atoms with Gasteiger partial charge in [-0.25, -0.2) is 0 Å². The lowest BCUT2D eigenvalue weighted by Crippen LogP contribution is -2.29. The Kier molecular flexibility index (Phi) is 3.86. The molecule has 2 N–H and O–H groups in total. The van der Waals surface area contributed by atoms with Crippen LogP contribution < -0.4 is 5.32 Å². The van der Waals surface area contributed by atoms with Crippen molar-refractivity contribution < 1.29 is 14.6 Å². The molecule has 0 aliphatic carbocycles. The summed E-state index contributed by atoms with van der Waals surface area (Å²) in [6.45, 7) is 2.01. The third-order valence-electron chi connectivity index (χ3n) is 2.78. The van der Waals surface area contributed by atoms with Gasteiger partial charge in [0.15, 0.2) is 0 Å². The van der Waals surface area contributed by atoms with Crippen molar-refractivity contribution in [1.29, 1.82) is 0 Å². The van der Waals surface area contributed by atoms with E-state index in [0.29, 0.717) is 24.1 Å². The predicted octanol–water partition coefficient (Wildman–Crippen LogP) is 1.81. The molecule has 0 spiro atoms. The number of carbonyl (C=O) groups is 1. The molecule has 1 saturated heterocycles. The van der Waals surface area contributed by atoms with Gasteiger partial charge in [0.05, 0.1) is 12.2 Å². The van der Waals surface area contributed by atoms with Crippen LogP contribution in [-0.4, -0.2) is 30.8 Å². The van der Waals surface area contributed by atoms with Crippen LogP contribution in [0.1, 0.15) is 16.8 Å². The molecule has 1 fully saturated rings. The van der Waals surface area contributed by atoms with Crippen LogP contribution in [0.4, 0.5) is 0 Å². The smallest absolute Gasteiger partial charge is 0.255 e. The zero-order valence-corrected chi connectivity index (χ0v) is 10.0. The van der Waals surface area contributed by atoms with Crippen molar-refractivity contribution >= 4 is 17.5 Å². The lowest BCUT2D eigenvalue weighted by Gasteiger charge is -2.10. The van der Waals surface area contributed by atoms with E-state index in [0.717, 1.165) is 13.0 Å². The monoisotopic (exact) mass is 255 g/mol. The molecule has 92 valence electrons. The standard InChI is InChI=1S/C12H14ClNO3/c13-9-1-2-10(11(15)5-9)12(16)14-6-8-3-4-17-7-8/h1-2,5,8,15H,3-4,6-7H2,(H,14,16). The number of benzene rings is 1. The summed E-state index contributed by atoms with van der Waals surface area (Å²) in [6.07, 6.45) is 0.965. The number of ether oxygens (including phenoxy) is 1. The molecule has 1 aromatic carbocycles. The quantitative estimate of drug-likeness (QED) is 0.866. The SMILES string of the molecule is O=C(NCC1CCOC1)c1ccc(Cl)cc1O. The van der Waals surface area contributed by atoms with E-state index in [1.807, 2.05) is 0 Å². The number of phenolic OH excluding ortho intramolecular Hbond substituents is 1. The molecule has 0 radical (unpaired) electrons. The fourth-order valence-electron chi connectivity index (χ4n) is 1.77. The van der Waals surface area contributed by atoms with Gasteiger partial charge in [-0.15, -0.1) is 0 Å². The summed E-state index contributed by atoms with van der Waals surface area (Å²) >= 11 is 5.69. The van der Waals surface area contributed by atoms with E-state index in [1.165, 1.54) is 12.1 Å². The molecule has 1 unspecified atom stereocenters. The van der Waals surface area contributed by atoms with Crippen molar-refractivity contribution in [2.24, 2.45) is 5.92 Å². The zero-order valence-electron chi connectivity index (χ0n) is 9.28. The minimum Gasteiger partial charge on any atom is -0.507 e. The number of phenols is 1. The number of nitrogens with one attached hydrogen (secondary N) is 1. The molecule has 1 aromatic rings. The molecule has 1 aliphatic rings. The largest absolute Gasteiger partial charge is 0.507 e. The van der Waals surface area contributed by atoms with Gasteiger partial charge in [0, 0.05) is 24.1 Å². The molecule has 0 aromatic heterocycles. The topological polar surface area (TPSA) is 58.6 Å². The van der Waals surface area contributed by atoms with E-state index in [4.69, 9.17) is 16.3 Å². The first kappa shape index (κ1) is 12.2. The highest BCUT2D eigenvalue weighted by Gasteiger charge is 2.17. The lowest BCUT2D eigenvalue weighted by atomic mass is 10.1. The molecule has 1 aliphatic heterocycles. The third-order valence-corrected chi connectivity index (χ3v) is 3.01. The Balaban J connectivity index is 1.94. The number of amides is 1. The van der Waals surface area contributed by atoms with Crippen LogP contribution in [0.25, 0.3) is 0 Å². The maximum Gasteiger partial charge on any atom is 0.255 e. The first-order valence-corrected chi connectivity index (χ1v) is 5.89. The van der Waals surface area contributed by atoms with Crippen molar-refractivity contribution in [3.05, 3.63) is 28.8 Å². The second-order valence-corrected chi connectivity index (χ2v) is 4.54. The van der Waals surface area contributed by atoms with Crippen LogP contribution >= 0.6 is 11.6 Å². The van der Waals surface area contributed by atoms with Crippen molar-refractivity contribution in [2.45, 2.75) is 6.42 Å². The molecule has 0 saturated carbocycles. The van der Waals surface area contributed by atoms with Gasteiger partial charge in [-0.1, -0.05) is 11.6 Å². The van der Waals surface area contributed by atoms with Gasteiger partial charge in [-0.05, 0) is 24.6 Å². The second kappa shape index (κ2) is 5.38. The summed E-state index contributed by atoms with van der Waals surface area (Å²) in [6, 6.07) is 4.45. The van der Waals surface area contributed by atoms with Gasteiger partial charge in [0.2, 0.25) is 0 Å². The van der Waals surface area contributed by atoms with Crippen LogP contribution in [0.5, 0.6) is 5.75 Å². The van der Waals surface area contributed by atoms with Gasteiger partial charge in [0.25, 0.3) is 5.91 Å². The summed E-state index contributed by atoms with van der Waals surface area (Å²) in [7, 11) is 0. The van der Waals surface area contributed by atoms with Crippen LogP contribution in [0.3, 0.4) is 0 Å².